The standard InChI is InChI=1S/C19H18N4O3S/c1-12-5-4-6-16(9-12)22-14(3)20-21-19(22)27-11-18(24)15-8-7-13(2)17(10-15)23(25)26/h4-10H,11H2,1-3H3. The third kappa shape index (κ3) is 4.06. The molecule has 0 saturated heterocycles. The Bertz CT molecular complexity index is 1030. The molecule has 0 bridgehead atoms. The Morgan fingerprint density at radius 3 is 2.63 bits per heavy atom. The molecule has 8 heteroatoms. The average Bonchev–Trinajstić information content (AvgIpc) is 3.00. The van der Waals surface area contributed by atoms with Gasteiger partial charge in [0.1, 0.15) is 5.82 Å². The molecular weight excluding hydrogens is 364 g/mol. The van der Waals surface area contributed by atoms with Gasteiger partial charge in [0.05, 0.1) is 10.7 Å². The van der Waals surface area contributed by atoms with E-state index >= 15 is 0 Å². The highest BCUT2D eigenvalue weighted by Crippen LogP contribution is 2.25. The highest BCUT2D eigenvalue weighted by atomic mass is 32.2. The van der Waals surface area contributed by atoms with Crippen molar-refractivity contribution in [2.45, 2.75) is 25.9 Å². The fourth-order valence-corrected chi connectivity index (χ4v) is 3.59. The largest absolute Gasteiger partial charge is 0.293 e. The van der Waals surface area contributed by atoms with E-state index in [1.54, 1.807) is 19.1 Å². The van der Waals surface area contributed by atoms with Gasteiger partial charge < -0.3 is 0 Å². The van der Waals surface area contributed by atoms with Crippen molar-refractivity contribution >= 4 is 23.2 Å². The first-order valence-electron chi connectivity index (χ1n) is 8.27. The molecule has 1 aromatic heterocycles. The molecule has 0 aliphatic heterocycles. The van der Waals surface area contributed by atoms with Crippen molar-refractivity contribution in [2.24, 2.45) is 0 Å². The first kappa shape index (κ1) is 18.8. The number of nitro groups is 1. The number of nitrogens with zero attached hydrogens (tertiary/aromatic N) is 4. The molecule has 1 heterocycles. The highest BCUT2D eigenvalue weighted by molar-refractivity contribution is 7.99. The molecule has 138 valence electrons. The van der Waals surface area contributed by atoms with E-state index in [-0.39, 0.29) is 17.2 Å². The second kappa shape index (κ2) is 7.71. The average molecular weight is 382 g/mol. The van der Waals surface area contributed by atoms with Crippen LogP contribution in [0.25, 0.3) is 5.69 Å². The molecule has 0 atom stereocenters. The fourth-order valence-electron chi connectivity index (χ4n) is 2.69. The van der Waals surface area contributed by atoms with Crippen LogP contribution in [0.3, 0.4) is 0 Å². The number of hydrogen-bond acceptors (Lipinski definition) is 6. The van der Waals surface area contributed by atoms with Crippen molar-refractivity contribution in [1.82, 2.24) is 14.8 Å². The number of carbonyl (C=O) groups excluding carboxylic acids is 1. The Balaban J connectivity index is 1.81. The number of rotatable bonds is 6. The predicted molar refractivity (Wildman–Crippen MR) is 104 cm³/mol. The number of aromatic nitrogens is 3. The van der Waals surface area contributed by atoms with Gasteiger partial charge >= 0.3 is 0 Å². The quantitative estimate of drug-likeness (QED) is 0.276. The van der Waals surface area contributed by atoms with E-state index in [1.165, 1.54) is 17.8 Å². The van der Waals surface area contributed by atoms with Crippen molar-refractivity contribution in [3.05, 3.63) is 75.1 Å². The van der Waals surface area contributed by atoms with Gasteiger partial charge in [-0.05, 0) is 38.5 Å². The van der Waals surface area contributed by atoms with Crippen LogP contribution < -0.4 is 0 Å². The summed E-state index contributed by atoms with van der Waals surface area (Å²) >= 11 is 1.26. The third-order valence-electron chi connectivity index (χ3n) is 4.12. The van der Waals surface area contributed by atoms with Crippen LogP contribution in [0.5, 0.6) is 0 Å². The summed E-state index contributed by atoms with van der Waals surface area (Å²) in [5, 5.41) is 20.0. The molecule has 0 spiro atoms. The molecule has 0 unspecified atom stereocenters. The summed E-state index contributed by atoms with van der Waals surface area (Å²) in [6.07, 6.45) is 0. The minimum Gasteiger partial charge on any atom is -0.293 e. The van der Waals surface area contributed by atoms with Crippen molar-refractivity contribution in [2.75, 3.05) is 5.75 Å². The summed E-state index contributed by atoms with van der Waals surface area (Å²) in [7, 11) is 0. The normalized spacial score (nSPS) is 10.8. The minimum absolute atomic E-state index is 0.0513. The molecule has 3 rings (SSSR count). The zero-order chi connectivity index (χ0) is 19.6. The highest BCUT2D eigenvalue weighted by Gasteiger charge is 2.17. The first-order chi connectivity index (χ1) is 12.9. The number of benzene rings is 2. The number of Topliss-reactive ketones (excluding diaryl/α,β-unsaturated/α-hetero) is 1. The fraction of sp³-hybridized carbons (Fsp3) is 0.211. The van der Waals surface area contributed by atoms with Crippen molar-refractivity contribution in [1.29, 1.82) is 0 Å². The zero-order valence-corrected chi connectivity index (χ0v) is 16.0. The second-order valence-corrected chi connectivity index (χ2v) is 7.12. The van der Waals surface area contributed by atoms with E-state index in [0.717, 1.165) is 17.1 Å². The topological polar surface area (TPSA) is 90.9 Å². The van der Waals surface area contributed by atoms with Crippen molar-refractivity contribution in [3.8, 4) is 5.69 Å². The Morgan fingerprint density at radius 1 is 1.15 bits per heavy atom. The third-order valence-corrected chi connectivity index (χ3v) is 5.04. The summed E-state index contributed by atoms with van der Waals surface area (Å²) in [6.45, 7) is 5.50. The maximum absolute atomic E-state index is 12.5. The van der Waals surface area contributed by atoms with Crippen LogP contribution in [-0.2, 0) is 0 Å². The minimum atomic E-state index is -0.475. The van der Waals surface area contributed by atoms with E-state index in [4.69, 9.17) is 0 Å². The van der Waals surface area contributed by atoms with E-state index in [9.17, 15) is 14.9 Å². The predicted octanol–water partition coefficient (Wildman–Crippen LogP) is 4.08. The molecule has 0 amide bonds. The molecule has 7 nitrogen and oxygen atoms in total. The van der Waals surface area contributed by atoms with Crippen LogP contribution in [-0.4, -0.2) is 31.2 Å². The SMILES string of the molecule is Cc1cccc(-n2c(C)nnc2SCC(=O)c2ccc(C)c([N+](=O)[O-])c2)c1. The molecule has 0 fully saturated rings. The van der Waals surface area contributed by atoms with Crippen LogP contribution >= 0.6 is 11.8 Å². The van der Waals surface area contributed by atoms with E-state index in [1.807, 2.05) is 42.7 Å². The maximum Gasteiger partial charge on any atom is 0.273 e. The van der Waals surface area contributed by atoms with Gasteiger partial charge in [0.2, 0.25) is 0 Å². The maximum atomic E-state index is 12.5. The van der Waals surface area contributed by atoms with Gasteiger partial charge in [0.25, 0.3) is 5.69 Å². The van der Waals surface area contributed by atoms with Crippen LogP contribution in [0, 0.1) is 30.9 Å². The molecule has 3 aromatic rings. The zero-order valence-electron chi connectivity index (χ0n) is 15.2. The number of ketones is 1. The smallest absolute Gasteiger partial charge is 0.273 e. The second-order valence-electron chi connectivity index (χ2n) is 6.17. The van der Waals surface area contributed by atoms with Crippen LogP contribution in [0.2, 0.25) is 0 Å². The first-order valence-corrected chi connectivity index (χ1v) is 9.25. The van der Waals surface area contributed by atoms with Crippen LogP contribution in [0.4, 0.5) is 5.69 Å². The lowest BCUT2D eigenvalue weighted by atomic mass is 10.1. The Hall–Kier alpha value is -3.00. The van der Waals surface area contributed by atoms with Crippen LogP contribution in [0.15, 0.2) is 47.6 Å². The lowest BCUT2D eigenvalue weighted by Crippen LogP contribution is -2.06. The Morgan fingerprint density at radius 2 is 1.93 bits per heavy atom. The molecule has 0 radical (unpaired) electrons. The van der Waals surface area contributed by atoms with Gasteiger partial charge in [-0.1, -0.05) is 36.0 Å². The van der Waals surface area contributed by atoms with E-state index in [0.29, 0.717) is 16.3 Å². The molecule has 0 aliphatic carbocycles. The molecular formula is C19H18N4O3S. The Kier molecular flexibility index (Phi) is 5.36. The molecule has 0 saturated carbocycles. The lowest BCUT2D eigenvalue weighted by Gasteiger charge is -2.09. The van der Waals surface area contributed by atoms with Gasteiger partial charge in [-0.3, -0.25) is 19.5 Å². The Labute approximate surface area is 160 Å². The summed E-state index contributed by atoms with van der Waals surface area (Å²) in [5.41, 5.74) is 2.83. The summed E-state index contributed by atoms with van der Waals surface area (Å²) in [6, 6.07) is 12.5. The van der Waals surface area contributed by atoms with Gasteiger partial charge in [-0.25, -0.2) is 0 Å². The number of hydrogen-bond donors (Lipinski definition) is 0. The number of aryl methyl sites for hydroxylation is 3. The molecule has 0 aliphatic rings. The lowest BCUT2D eigenvalue weighted by molar-refractivity contribution is -0.385. The molecule has 2 aromatic carbocycles. The van der Waals surface area contributed by atoms with Crippen molar-refractivity contribution < 1.29 is 9.72 Å². The molecule has 27 heavy (non-hydrogen) atoms. The van der Waals surface area contributed by atoms with Gasteiger partial charge in [-0.15, -0.1) is 10.2 Å². The van der Waals surface area contributed by atoms with Crippen LogP contribution in [0.1, 0.15) is 27.3 Å². The summed E-state index contributed by atoms with van der Waals surface area (Å²) in [4.78, 5) is 23.1. The monoisotopic (exact) mass is 382 g/mol. The van der Waals surface area contributed by atoms with Gasteiger partial charge in [-0.2, -0.15) is 0 Å². The van der Waals surface area contributed by atoms with Gasteiger partial charge in [0, 0.05) is 22.9 Å². The number of thioether (sulfide) groups is 1. The van der Waals surface area contributed by atoms with E-state index in [2.05, 4.69) is 10.2 Å². The summed E-state index contributed by atoms with van der Waals surface area (Å²) in [5.74, 6) is 0.644. The van der Waals surface area contributed by atoms with Crippen molar-refractivity contribution in [3.63, 3.8) is 0 Å². The molecule has 0 N–H and O–H groups in total. The number of carbonyl (C=O) groups is 1. The van der Waals surface area contributed by atoms with E-state index < -0.39 is 4.92 Å². The number of nitro benzene ring substituents is 1. The summed E-state index contributed by atoms with van der Waals surface area (Å²) < 4.78 is 1.89. The van der Waals surface area contributed by atoms with Gasteiger partial charge in [0.15, 0.2) is 10.9 Å².